The highest BCUT2D eigenvalue weighted by Gasteiger charge is 2.17. The summed E-state index contributed by atoms with van der Waals surface area (Å²) in [6, 6.07) is 6.99. The highest BCUT2D eigenvalue weighted by molar-refractivity contribution is 5.89. The Kier molecular flexibility index (Phi) is 3.62. The zero-order valence-corrected chi connectivity index (χ0v) is 11.8. The minimum atomic E-state index is 0.333. The first-order valence-corrected chi connectivity index (χ1v) is 6.44. The fourth-order valence-electron chi connectivity index (χ4n) is 2.38. The van der Waals surface area contributed by atoms with Crippen LogP contribution in [0.4, 0.5) is 0 Å². The second-order valence-electron chi connectivity index (χ2n) is 4.95. The molecule has 2 rings (SSSR count). The molecule has 0 bridgehead atoms. The molecule has 1 N–H and O–H groups in total. The molecule has 0 aliphatic heterocycles. The fourth-order valence-corrected chi connectivity index (χ4v) is 2.38. The molecule has 1 heterocycles. The number of nitrogens with zero attached hydrogens (tertiary/aromatic N) is 1. The number of methoxy groups -OCH3 is 1. The second-order valence-corrected chi connectivity index (χ2v) is 4.95. The maximum Gasteiger partial charge on any atom is 0.143 e. The lowest BCUT2D eigenvalue weighted by atomic mass is 10.1. The van der Waals surface area contributed by atoms with Crippen LogP contribution in [-0.4, -0.2) is 18.7 Å². The second kappa shape index (κ2) is 5.02. The van der Waals surface area contributed by atoms with Crippen molar-refractivity contribution in [3.63, 3.8) is 0 Å². The lowest BCUT2D eigenvalue weighted by molar-refractivity contribution is 0.416. The van der Waals surface area contributed by atoms with Crippen LogP contribution in [0.5, 0.6) is 5.75 Å². The minimum absolute atomic E-state index is 0.333. The van der Waals surface area contributed by atoms with E-state index in [0.717, 1.165) is 5.75 Å². The molecule has 0 saturated heterocycles. The molecule has 98 valence electrons. The quantitative estimate of drug-likeness (QED) is 0.893. The van der Waals surface area contributed by atoms with E-state index in [1.54, 1.807) is 7.11 Å². The Bertz CT molecular complexity index is 543. The molecule has 0 fully saturated rings. The molecule has 1 aromatic carbocycles. The summed E-state index contributed by atoms with van der Waals surface area (Å²) in [6.07, 6.45) is 2.24. The van der Waals surface area contributed by atoms with Crippen molar-refractivity contribution < 1.29 is 4.74 Å². The largest absolute Gasteiger partial charge is 0.495 e. The summed E-state index contributed by atoms with van der Waals surface area (Å²) >= 11 is 0. The lowest BCUT2D eigenvalue weighted by Crippen LogP contribution is -2.11. The van der Waals surface area contributed by atoms with Crippen molar-refractivity contribution in [3.8, 4) is 5.75 Å². The van der Waals surface area contributed by atoms with Gasteiger partial charge in [0.2, 0.25) is 0 Å². The van der Waals surface area contributed by atoms with Gasteiger partial charge in [0.05, 0.1) is 12.6 Å². The van der Waals surface area contributed by atoms with Crippen LogP contribution in [-0.2, 0) is 0 Å². The molecule has 1 aromatic heterocycles. The van der Waals surface area contributed by atoms with Crippen LogP contribution < -0.4 is 10.1 Å². The topological polar surface area (TPSA) is 26.2 Å². The molecule has 3 nitrogen and oxygen atoms in total. The Hall–Kier alpha value is -1.48. The van der Waals surface area contributed by atoms with E-state index in [-0.39, 0.29) is 0 Å². The number of hydrogen-bond acceptors (Lipinski definition) is 2. The smallest absolute Gasteiger partial charge is 0.143 e. The standard InChI is InChI=1S/C15H22N2O/c1-10(2)17-9-13(11(3)16-4)12-7-6-8-14(18-5)15(12)17/h6-11,16H,1-5H3. The van der Waals surface area contributed by atoms with E-state index in [2.05, 4.69) is 49.0 Å². The summed E-state index contributed by atoms with van der Waals surface area (Å²) in [7, 11) is 3.72. The fraction of sp³-hybridized carbons (Fsp3) is 0.467. The van der Waals surface area contributed by atoms with Crippen LogP contribution in [0.25, 0.3) is 10.9 Å². The number of para-hydroxylation sites is 1. The predicted molar refractivity (Wildman–Crippen MR) is 76.3 cm³/mol. The van der Waals surface area contributed by atoms with Crippen molar-refractivity contribution in [2.75, 3.05) is 14.2 Å². The Labute approximate surface area is 109 Å². The van der Waals surface area contributed by atoms with Gasteiger partial charge in [0.1, 0.15) is 5.75 Å². The zero-order chi connectivity index (χ0) is 13.3. The van der Waals surface area contributed by atoms with Crippen molar-refractivity contribution >= 4 is 10.9 Å². The Morgan fingerprint density at radius 1 is 1.22 bits per heavy atom. The first-order valence-electron chi connectivity index (χ1n) is 6.44. The van der Waals surface area contributed by atoms with Gasteiger partial charge in [-0.25, -0.2) is 0 Å². The van der Waals surface area contributed by atoms with Crippen LogP contribution in [0.3, 0.4) is 0 Å². The number of fused-ring (bicyclic) bond motifs is 1. The van der Waals surface area contributed by atoms with Crippen molar-refractivity contribution in [2.45, 2.75) is 32.9 Å². The number of benzene rings is 1. The van der Waals surface area contributed by atoms with Gasteiger partial charge < -0.3 is 14.6 Å². The van der Waals surface area contributed by atoms with E-state index >= 15 is 0 Å². The highest BCUT2D eigenvalue weighted by atomic mass is 16.5. The molecule has 0 radical (unpaired) electrons. The molecule has 1 atom stereocenters. The van der Waals surface area contributed by atoms with E-state index in [0.29, 0.717) is 12.1 Å². The number of nitrogens with one attached hydrogen (secondary N) is 1. The maximum absolute atomic E-state index is 5.50. The maximum atomic E-state index is 5.50. The summed E-state index contributed by atoms with van der Waals surface area (Å²) in [5, 5.41) is 4.58. The molecule has 18 heavy (non-hydrogen) atoms. The molecule has 3 heteroatoms. The first-order chi connectivity index (χ1) is 8.60. The Balaban J connectivity index is 2.76. The third-order valence-corrected chi connectivity index (χ3v) is 3.52. The Morgan fingerprint density at radius 3 is 2.50 bits per heavy atom. The normalized spacial score (nSPS) is 13.2. The SMILES string of the molecule is CNC(C)c1cn(C(C)C)c2c(OC)cccc12. The van der Waals surface area contributed by atoms with Gasteiger partial charge in [-0.05, 0) is 39.4 Å². The third kappa shape index (κ3) is 1.99. The molecule has 0 aliphatic rings. The van der Waals surface area contributed by atoms with Crippen molar-refractivity contribution in [1.82, 2.24) is 9.88 Å². The van der Waals surface area contributed by atoms with E-state index < -0.39 is 0 Å². The van der Waals surface area contributed by atoms with Crippen LogP contribution >= 0.6 is 0 Å². The van der Waals surface area contributed by atoms with Gasteiger partial charge in [-0.1, -0.05) is 12.1 Å². The van der Waals surface area contributed by atoms with Gasteiger partial charge in [-0.15, -0.1) is 0 Å². The Morgan fingerprint density at radius 2 is 1.94 bits per heavy atom. The van der Waals surface area contributed by atoms with Gasteiger partial charge in [0.15, 0.2) is 0 Å². The van der Waals surface area contributed by atoms with Gasteiger partial charge in [0, 0.05) is 23.7 Å². The summed E-state index contributed by atoms with van der Waals surface area (Å²) < 4.78 is 7.79. The van der Waals surface area contributed by atoms with Crippen molar-refractivity contribution in [1.29, 1.82) is 0 Å². The van der Waals surface area contributed by atoms with E-state index in [9.17, 15) is 0 Å². The zero-order valence-electron chi connectivity index (χ0n) is 11.8. The van der Waals surface area contributed by atoms with Crippen LogP contribution in [0.1, 0.15) is 38.4 Å². The van der Waals surface area contributed by atoms with Crippen molar-refractivity contribution in [3.05, 3.63) is 30.0 Å². The highest BCUT2D eigenvalue weighted by Crippen LogP contribution is 2.34. The third-order valence-electron chi connectivity index (χ3n) is 3.52. The van der Waals surface area contributed by atoms with Gasteiger partial charge in [-0.2, -0.15) is 0 Å². The van der Waals surface area contributed by atoms with Crippen LogP contribution in [0.2, 0.25) is 0 Å². The molecular formula is C15H22N2O. The summed E-state index contributed by atoms with van der Waals surface area (Å²) in [5.74, 6) is 0.941. The van der Waals surface area contributed by atoms with Crippen LogP contribution in [0, 0.1) is 0 Å². The van der Waals surface area contributed by atoms with Crippen LogP contribution in [0.15, 0.2) is 24.4 Å². The number of hydrogen-bond donors (Lipinski definition) is 1. The predicted octanol–water partition coefficient (Wildman–Crippen LogP) is 3.51. The van der Waals surface area contributed by atoms with Gasteiger partial charge >= 0.3 is 0 Å². The summed E-state index contributed by atoms with van der Waals surface area (Å²) in [5.41, 5.74) is 2.51. The lowest BCUT2D eigenvalue weighted by Gasteiger charge is -2.11. The molecule has 0 saturated carbocycles. The summed E-state index contributed by atoms with van der Waals surface area (Å²) in [4.78, 5) is 0. The molecule has 2 aromatic rings. The van der Waals surface area contributed by atoms with Crippen molar-refractivity contribution in [2.24, 2.45) is 0 Å². The molecule has 0 spiro atoms. The summed E-state index contributed by atoms with van der Waals surface area (Å²) in [6.45, 7) is 6.57. The van der Waals surface area contributed by atoms with Gasteiger partial charge in [-0.3, -0.25) is 0 Å². The van der Waals surface area contributed by atoms with E-state index in [4.69, 9.17) is 4.74 Å². The number of aromatic nitrogens is 1. The molecule has 1 unspecified atom stereocenters. The van der Waals surface area contributed by atoms with Gasteiger partial charge in [0.25, 0.3) is 0 Å². The molecular weight excluding hydrogens is 224 g/mol. The van der Waals surface area contributed by atoms with E-state index in [1.165, 1.54) is 16.5 Å². The minimum Gasteiger partial charge on any atom is -0.495 e. The number of ether oxygens (including phenoxy) is 1. The average molecular weight is 246 g/mol. The van der Waals surface area contributed by atoms with E-state index in [1.807, 2.05) is 13.1 Å². The monoisotopic (exact) mass is 246 g/mol. The average Bonchev–Trinajstić information content (AvgIpc) is 2.77. The first kappa shape index (κ1) is 13.0. The molecule has 0 amide bonds. The number of rotatable bonds is 4. The molecule has 0 aliphatic carbocycles.